The molecule has 6 fully saturated rings. The standard InChI is InChI=1S/C34H43N5O3/c1-24(28-8-4-2-5-9-28)35-30(40)22-38-23-39(29-10-6-3-7-11-29)34(31(38)41)12-14-37(15-13-34)32(42)36-33-19-25-16-26(20-33)18-27(17-25)21-33/h2-11,24-27H,12-23H2,1H3,(H,35,40)(H,36,42). The van der Waals surface area contributed by atoms with Gasteiger partial charge in [0.1, 0.15) is 12.1 Å². The summed E-state index contributed by atoms with van der Waals surface area (Å²) in [5, 5.41) is 6.58. The van der Waals surface area contributed by atoms with Gasteiger partial charge in [-0.1, -0.05) is 48.5 Å². The quantitative estimate of drug-likeness (QED) is 0.529. The summed E-state index contributed by atoms with van der Waals surface area (Å²) in [4.78, 5) is 46.6. The minimum atomic E-state index is -0.760. The Labute approximate surface area is 248 Å². The summed E-state index contributed by atoms with van der Waals surface area (Å²) in [5.41, 5.74) is 1.21. The number of nitrogens with one attached hydrogen (secondary N) is 2. The van der Waals surface area contributed by atoms with Crippen LogP contribution in [0, 0.1) is 17.8 Å². The highest BCUT2D eigenvalue weighted by atomic mass is 16.2. The van der Waals surface area contributed by atoms with Crippen LogP contribution in [0.25, 0.3) is 0 Å². The Morgan fingerprint density at radius 2 is 1.45 bits per heavy atom. The molecule has 2 saturated heterocycles. The van der Waals surface area contributed by atoms with Crippen LogP contribution in [-0.2, 0) is 9.59 Å². The normalized spacial score (nSPS) is 30.1. The molecule has 2 aliphatic heterocycles. The highest BCUT2D eigenvalue weighted by Gasteiger charge is 2.55. The van der Waals surface area contributed by atoms with Crippen molar-refractivity contribution < 1.29 is 14.4 Å². The number of hydrogen-bond donors (Lipinski definition) is 2. The van der Waals surface area contributed by atoms with Gasteiger partial charge in [-0.25, -0.2) is 4.79 Å². The van der Waals surface area contributed by atoms with Gasteiger partial charge in [-0.15, -0.1) is 0 Å². The molecule has 222 valence electrons. The van der Waals surface area contributed by atoms with E-state index in [9.17, 15) is 14.4 Å². The number of benzene rings is 2. The molecule has 4 amide bonds. The van der Waals surface area contributed by atoms with E-state index < -0.39 is 5.54 Å². The number of para-hydroxylation sites is 1. The summed E-state index contributed by atoms with van der Waals surface area (Å²) in [7, 11) is 0. The molecule has 2 aromatic carbocycles. The van der Waals surface area contributed by atoms with Crippen molar-refractivity contribution in [3.05, 3.63) is 66.2 Å². The van der Waals surface area contributed by atoms with Gasteiger partial charge in [0.2, 0.25) is 5.91 Å². The second kappa shape index (κ2) is 10.6. The molecule has 1 spiro atoms. The number of piperidine rings is 1. The van der Waals surface area contributed by atoms with Crippen LogP contribution in [0.1, 0.15) is 69.9 Å². The lowest BCUT2D eigenvalue weighted by Gasteiger charge is -2.57. The van der Waals surface area contributed by atoms with Gasteiger partial charge in [0, 0.05) is 24.3 Å². The van der Waals surface area contributed by atoms with Crippen molar-refractivity contribution in [2.24, 2.45) is 17.8 Å². The van der Waals surface area contributed by atoms with E-state index in [1.807, 2.05) is 72.5 Å². The van der Waals surface area contributed by atoms with Gasteiger partial charge in [-0.2, -0.15) is 0 Å². The molecule has 0 radical (unpaired) electrons. The molecule has 2 N–H and O–H groups in total. The van der Waals surface area contributed by atoms with E-state index in [0.717, 1.165) is 48.3 Å². The van der Waals surface area contributed by atoms with Crippen molar-refractivity contribution in [1.29, 1.82) is 0 Å². The minimum absolute atomic E-state index is 0.0112. The molecule has 0 aromatic heterocycles. The molecule has 4 aliphatic carbocycles. The summed E-state index contributed by atoms with van der Waals surface area (Å²) in [6, 6.07) is 19.7. The largest absolute Gasteiger partial charge is 0.348 e. The fourth-order valence-corrected chi connectivity index (χ4v) is 9.26. The maximum absolute atomic E-state index is 14.1. The van der Waals surface area contributed by atoms with Crippen LogP contribution in [0.15, 0.2) is 60.7 Å². The van der Waals surface area contributed by atoms with E-state index in [-0.39, 0.29) is 36.0 Å². The zero-order valence-corrected chi connectivity index (χ0v) is 24.6. The third-order valence-corrected chi connectivity index (χ3v) is 10.9. The van der Waals surface area contributed by atoms with Gasteiger partial charge >= 0.3 is 6.03 Å². The number of carbonyl (C=O) groups is 3. The first-order valence-corrected chi connectivity index (χ1v) is 15.9. The van der Waals surface area contributed by atoms with Gasteiger partial charge in [0.25, 0.3) is 5.91 Å². The molecule has 6 aliphatic rings. The maximum atomic E-state index is 14.1. The van der Waals surface area contributed by atoms with Crippen molar-refractivity contribution in [2.75, 3.05) is 31.2 Å². The van der Waals surface area contributed by atoms with Crippen molar-refractivity contribution in [3.8, 4) is 0 Å². The molecule has 2 aromatic rings. The topological polar surface area (TPSA) is 85.0 Å². The number of rotatable bonds is 6. The van der Waals surface area contributed by atoms with Crippen LogP contribution in [0.2, 0.25) is 0 Å². The number of anilines is 1. The highest BCUT2D eigenvalue weighted by molar-refractivity contribution is 5.96. The second-order valence-electron chi connectivity index (χ2n) is 13.8. The molecule has 4 bridgehead atoms. The van der Waals surface area contributed by atoms with Gasteiger partial charge in [-0.05, 0) is 93.7 Å². The van der Waals surface area contributed by atoms with E-state index in [4.69, 9.17) is 0 Å². The molecule has 8 heteroatoms. The molecule has 42 heavy (non-hydrogen) atoms. The second-order valence-corrected chi connectivity index (χ2v) is 13.8. The van der Waals surface area contributed by atoms with E-state index in [1.54, 1.807) is 4.90 Å². The predicted molar refractivity (Wildman–Crippen MR) is 161 cm³/mol. The number of hydrogen-bond acceptors (Lipinski definition) is 4. The SMILES string of the molecule is CC(NC(=O)CN1CN(c2ccccc2)C2(CCN(C(=O)NC34CC5CC(CC(C5)C3)C4)CC2)C1=O)c1ccccc1. The summed E-state index contributed by atoms with van der Waals surface area (Å²) in [5.74, 6) is 2.13. The summed E-state index contributed by atoms with van der Waals surface area (Å²) < 4.78 is 0. The van der Waals surface area contributed by atoms with Crippen LogP contribution in [-0.4, -0.2) is 65.0 Å². The Balaban J connectivity index is 1.03. The molecule has 8 nitrogen and oxygen atoms in total. The molecular weight excluding hydrogens is 526 g/mol. The number of urea groups is 1. The first-order valence-electron chi connectivity index (χ1n) is 15.9. The Kier molecular flexibility index (Phi) is 6.90. The van der Waals surface area contributed by atoms with Crippen LogP contribution in [0.5, 0.6) is 0 Å². The van der Waals surface area contributed by atoms with Crippen LogP contribution >= 0.6 is 0 Å². The molecule has 8 rings (SSSR count). The Hall–Kier alpha value is -3.55. The first kappa shape index (κ1) is 27.3. The number of likely N-dealkylation sites (tertiary alicyclic amines) is 1. The first-order chi connectivity index (χ1) is 20.3. The zero-order chi connectivity index (χ0) is 28.9. The Morgan fingerprint density at radius 3 is 2.05 bits per heavy atom. The van der Waals surface area contributed by atoms with Crippen LogP contribution in [0.3, 0.4) is 0 Å². The zero-order valence-electron chi connectivity index (χ0n) is 24.6. The van der Waals surface area contributed by atoms with Gasteiger partial charge in [-0.3, -0.25) is 9.59 Å². The van der Waals surface area contributed by atoms with Crippen molar-refractivity contribution in [1.82, 2.24) is 20.4 Å². The van der Waals surface area contributed by atoms with E-state index >= 15 is 0 Å². The molecule has 4 saturated carbocycles. The lowest BCUT2D eigenvalue weighted by molar-refractivity contribution is -0.137. The van der Waals surface area contributed by atoms with Gasteiger partial charge < -0.3 is 25.3 Å². The van der Waals surface area contributed by atoms with E-state index in [2.05, 4.69) is 15.5 Å². The van der Waals surface area contributed by atoms with Gasteiger partial charge in [0.05, 0.1) is 12.7 Å². The number of amides is 4. The lowest BCUT2D eigenvalue weighted by Crippen LogP contribution is -2.64. The van der Waals surface area contributed by atoms with Crippen LogP contribution < -0.4 is 15.5 Å². The molecular formula is C34H43N5O3. The molecule has 1 atom stereocenters. The number of nitrogens with zero attached hydrogens (tertiary/aromatic N) is 3. The number of carbonyl (C=O) groups excluding carboxylic acids is 3. The average Bonchev–Trinajstić information content (AvgIpc) is 3.23. The third-order valence-electron chi connectivity index (χ3n) is 10.9. The van der Waals surface area contributed by atoms with Crippen molar-refractivity contribution in [2.45, 2.75) is 75.4 Å². The fourth-order valence-electron chi connectivity index (χ4n) is 9.26. The predicted octanol–water partition coefficient (Wildman–Crippen LogP) is 4.68. The van der Waals surface area contributed by atoms with Crippen molar-refractivity contribution >= 4 is 23.5 Å². The fraction of sp³-hybridized carbons (Fsp3) is 0.559. The summed E-state index contributed by atoms with van der Waals surface area (Å²) >= 11 is 0. The maximum Gasteiger partial charge on any atom is 0.317 e. The molecule has 1 unspecified atom stereocenters. The van der Waals surface area contributed by atoms with E-state index in [1.165, 1.54) is 19.3 Å². The van der Waals surface area contributed by atoms with Gasteiger partial charge in [0.15, 0.2) is 0 Å². The van der Waals surface area contributed by atoms with Crippen molar-refractivity contribution in [3.63, 3.8) is 0 Å². The minimum Gasteiger partial charge on any atom is -0.348 e. The highest BCUT2D eigenvalue weighted by Crippen LogP contribution is 2.55. The lowest BCUT2D eigenvalue weighted by atomic mass is 9.53. The summed E-state index contributed by atoms with van der Waals surface area (Å²) in [6.45, 7) is 3.38. The third kappa shape index (κ3) is 4.92. The van der Waals surface area contributed by atoms with E-state index in [0.29, 0.717) is 32.6 Å². The summed E-state index contributed by atoms with van der Waals surface area (Å²) in [6.07, 6.45) is 8.52. The monoisotopic (exact) mass is 569 g/mol. The Bertz CT molecular complexity index is 1290. The average molecular weight is 570 g/mol. The Morgan fingerprint density at radius 1 is 0.881 bits per heavy atom. The van der Waals surface area contributed by atoms with Crippen LogP contribution in [0.4, 0.5) is 10.5 Å². The smallest absolute Gasteiger partial charge is 0.317 e. The molecule has 2 heterocycles.